The first-order valence-electron chi connectivity index (χ1n) is 20.8. The maximum absolute atomic E-state index is 5.34. The molecule has 0 radical (unpaired) electrons. The van der Waals surface area contributed by atoms with Gasteiger partial charge in [-0.2, -0.15) is 0 Å². The summed E-state index contributed by atoms with van der Waals surface area (Å²) < 4.78 is 1.23. The van der Waals surface area contributed by atoms with Crippen LogP contribution >= 0.6 is 11.3 Å². The Kier molecular flexibility index (Phi) is 9.53. The zero-order valence-electron chi connectivity index (χ0n) is 33.3. The van der Waals surface area contributed by atoms with E-state index in [0.29, 0.717) is 17.5 Å². The Morgan fingerprint density at radius 1 is 0.393 bits per heavy atom. The van der Waals surface area contributed by atoms with Crippen molar-refractivity contribution in [3.8, 4) is 78.7 Å². The maximum Gasteiger partial charge on any atom is 0.164 e. The SMILES string of the molecule is C1=CC(c2cccc(-c3ccccc3)c2-c2cccc(-c3ccccc3)c2)Cc2c1sc1cccc(-c3nc(-c4ccccc4)nc(-c4ccccc4-c4ccccc4)n3)c21. The largest absolute Gasteiger partial charge is 0.208 e. The van der Waals surface area contributed by atoms with Crippen LogP contribution in [0.1, 0.15) is 21.9 Å². The fraction of sp³-hybridized carbons (Fsp3) is 0.0351. The van der Waals surface area contributed by atoms with Gasteiger partial charge in [0.25, 0.3) is 0 Å². The number of aromatic nitrogens is 3. The van der Waals surface area contributed by atoms with Gasteiger partial charge in [-0.15, -0.1) is 11.3 Å². The van der Waals surface area contributed by atoms with Crippen molar-refractivity contribution in [3.63, 3.8) is 0 Å². The molecule has 0 spiro atoms. The molecule has 0 aliphatic heterocycles. The lowest BCUT2D eigenvalue weighted by Crippen LogP contribution is -2.07. The molecular formula is C57H39N3S. The van der Waals surface area contributed by atoms with Crippen molar-refractivity contribution in [1.82, 2.24) is 15.0 Å². The number of thiophene rings is 1. The first-order chi connectivity index (χ1) is 30.2. The highest BCUT2D eigenvalue weighted by Crippen LogP contribution is 2.47. The fourth-order valence-corrected chi connectivity index (χ4v) is 10.1. The zero-order valence-corrected chi connectivity index (χ0v) is 34.1. The van der Waals surface area contributed by atoms with Gasteiger partial charge in [0.05, 0.1) is 0 Å². The van der Waals surface area contributed by atoms with Crippen molar-refractivity contribution in [3.05, 3.63) is 228 Å². The van der Waals surface area contributed by atoms with E-state index in [-0.39, 0.29) is 5.92 Å². The van der Waals surface area contributed by atoms with Crippen molar-refractivity contribution in [2.75, 3.05) is 0 Å². The molecule has 4 heteroatoms. The van der Waals surface area contributed by atoms with Crippen LogP contribution in [-0.2, 0) is 6.42 Å². The monoisotopic (exact) mass is 797 g/mol. The zero-order chi connectivity index (χ0) is 40.5. The summed E-state index contributed by atoms with van der Waals surface area (Å²) in [6, 6.07) is 73.1. The lowest BCUT2D eigenvalue weighted by Gasteiger charge is -2.24. The van der Waals surface area contributed by atoms with Crippen LogP contribution in [-0.4, -0.2) is 15.0 Å². The predicted octanol–water partition coefficient (Wildman–Crippen LogP) is 15.1. The lowest BCUT2D eigenvalue weighted by molar-refractivity contribution is 0.839. The molecule has 10 aromatic rings. The summed E-state index contributed by atoms with van der Waals surface area (Å²) in [7, 11) is 0. The van der Waals surface area contributed by atoms with Crippen LogP contribution in [0.15, 0.2) is 212 Å². The second-order valence-electron chi connectivity index (χ2n) is 15.5. The van der Waals surface area contributed by atoms with E-state index in [4.69, 9.17) is 15.0 Å². The Labute approximate surface area is 360 Å². The summed E-state index contributed by atoms with van der Waals surface area (Å²) in [6.07, 6.45) is 5.62. The number of hydrogen-bond acceptors (Lipinski definition) is 4. The molecule has 61 heavy (non-hydrogen) atoms. The minimum absolute atomic E-state index is 0.143. The van der Waals surface area contributed by atoms with Crippen LogP contribution in [0.4, 0.5) is 0 Å². The molecule has 1 aliphatic rings. The number of allylic oxidation sites excluding steroid dienone is 1. The molecule has 1 aliphatic carbocycles. The van der Waals surface area contributed by atoms with Crippen LogP contribution < -0.4 is 0 Å². The second kappa shape index (κ2) is 15.9. The lowest BCUT2D eigenvalue weighted by atomic mass is 9.80. The molecule has 0 fully saturated rings. The van der Waals surface area contributed by atoms with Gasteiger partial charge in [-0.1, -0.05) is 200 Å². The van der Waals surface area contributed by atoms with Crippen LogP contribution in [0.3, 0.4) is 0 Å². The third-order valence-corrected chi connectivity index (χ3v) is 12.9. The average molecular weight is 798 g/mol. The van der Waals surface area contributed by atoms with E-state index in [0.717, 1.165) is 34.2 Å². The van der Waals surface area contributed by atoms with Crippen molar-refractivity contribution >= 4 is 27.5 Å². The third kappa shape index (κ3) is 6.97. The maximum atomic E-state index is 5.34. The number of benzene rings is 8. The van der Waals surface area contributed by atoms with Gasteiger partial charge >= 0.3 is 0 Å². The molecule has 8 aromatic carbocycles. The van der Waals surface area contributed by atoms with Gasteiger partial charge in [0.2, 0.25) is 0 Å². The number of rotatable bonds is 8. The van der Waals surface area contributed by atoms with E-state index < -0.39 is 0 Å². The Balaban J connectivity index is 1.06. The Hall–Kier alpha value is -7.53. The van der Waals surface area contributed by atoms with Gasteiger partial charge in [0, 0.05) is 37.6 Å². The van der Waals surface area contributed by atoms with Crippen LogP contribution in [0.2, 0.25) is 0 Å². The van der Waals surface area contributed by atoms with E-state index in [1.54, 1.807) is 0 Å². The molecule has 3 nitrogen and oxygen atoms in total. The van der Waals surface area contributed by atoms with Crippen molar-refractivity contribution in [1.29, 1.82) is 0 Å². The van der Waals surface area contributed by atoms with E-state index in [2.05, 4.69) is 194 Å². The van der Waals surface area contributed by atoms with E-state index in [1.165, 1.54) is 59.5 Å². The topological polar surface area (TPSA) is 38.7 Å². The minimum atomic E-state index is 0.143. The molecule has 1 unspecified atom stereocenters. The van der Waals surface area contributed by atoms with Crippen LogP contribution in [0, 0.1) is 0 Å². The normalized spacial score (nSPS) is 13.3. The second-order valence-corrected chi connectivity index (χ2v) is 16.5. The van der Waals surface area contributed by atoms with E-state index in [9.17, 15) is 0 Å². The van der Waals surface area contributed by atoms with Gasteiger partial charge in [-0.05, 0) is 80.3 Å². The standard InChI is InChI=1S/C57H39N3S/c1-5-18-38(19-6-1)42-26-15-27-44(36-42)53-46(40-22-9-3-10-23-40)30-16-31-47(53)43-34-35-51-50(37-43)54-49(32-17-33-52(54)61-51)57-59-55(41-24-11-4-12-25-41)58-56(60-57)48-29-14-13-28-45(48)39-20-7-2-8-21-39/h1-36,43H,37H2. The molecule has 0 amide bonds. The molecule has 288 valence electrons. The van der Waals surface area contributed by atoms with Crippen molar-refractivity contribution in [2.24, 2.45) is 0 Å². The van der Waals surface area contributed by atoms with E-state index >= 15 is 0 Å². The predicted molar refractivity (Wildman–Crippen MR) is 255 cm³/mol. The highest BCUT2D eigenvalue weighted by molar-refractivity contribution is 7.20. The summed E-state index contributed by atoms with van der Waals surface area (Å²) in [5.41, 5.74) is 15.2. The fourth-order valence-electron chi connectivity index (χ4n) is 8.88. The van der Waals surface area contributed by atoms with Gasteiger partial charge in [-0.25, -0.2) is 15.0 Å². The highest BCUT2D eigenvalue weighted by Gasteiger charge is 2.27. The van der Waals surface area contributed by atoms with Gasteiger partial charge in [0.1, 0.15) is 0 Å². The van der Waals surface area contributed by atoms with Gasteiger partial charge in [-0.3, -0.25) is 0 Å². The molecule has 0 bridgehead atoms. The quantitative estimate of drug-likeness (QED) is 0.154. The Bertz CT molecular complexity index is 3210. The smallest absolute Gasteiger partial charge is 0.164 e. The summed E-state index contributed by atoms with van der Waals surface area (Å²) in [5.74, 6) is 2.13. The highest BCUT2D eigenvalue weighted by atomic mass is 32.1. The number of nitrogens with zero attached hydrogens (tertiary/aromatic N) is 3. The molecule has 11 rings (SSSR count). The molecule has 2 heterocycles. The number of fused-ring (bicyclic) bond motifs is 3. The molecule has 0 saturated heterocycles. The summed E-state index contributed by atoms with van der Waals surface area (Å²) in [6.45, 7) is 0. The molecule has 2 aromatic heterocycles. The molecule has 0 N–H and O–H groups in total. The van der Waals surface area contributed by atoms with Gasteiger partial charge < -0.3 is 0 Å². The van der Waals surface area contributed by atoms with Crippen LogP contribution in [0.25, 0.3) is 94.8 Å². The summed E-state index contributed by atoms with van der Waals surface area (Å²) >= 11 is 1.85. The Morgan fingerprint density at radius 3 is 1.62 bits per heavy atom. The van der Waals surface area contributed by atoms with E-state index in [1.807, 2.05) is 35.6 Å². The molecular weight excluding hydrogens is 759 g/mol. The summed E-state index contributed by atoms with van der Waals surface area (Å²) in [5, 5.41) is 1.22. The minimum Gasteiger partial charge on any atom is -0.208 e. The van der Waals surface area contributed by atoms with Crippen molar-refractivity contribution in [2.45, 2.75) is 12.3 Å². The van der Waals surface area contributed by atoms with Gasteiger partial charge in [0.15, 0.2) is 17.5 Å². The first kappa shape index (κ1) is 36.5. The number of hydrogen-bond donors (Lipinski definition) is 0. The molecule has 1 atom stereocenters. The molecule has 0 saturated carbocycles. The van der Waals surface area contributed by atoms with Crippen LogP contribution in [0.5, 0.6) is 0 Å². The average Bonchev–Trinajstić information content (AvgIpc) is 3.73. The first-order valence-corrected chi connectivity index (χ1v) is 21.6. The summed E-state index contributed by atoms with van der Waals surface area (Å²) in [4.78, 5) is 17.0. The van der Waals surface area contributed by atoms with Crippen molar-refractivity contribution < 1.29 is 0 Å². The Morgan fingerprint density at radius 2 is 0.902 bits per heavy atom. The third-order valence-electron chi connectivity index (χ3n) is 11.7.